The Morgan fingerprint density at radius 1 is 1.06 bits per heavy atom. The molecule has 0 spiro atoms. The van der Waals surface area contributed by atoms with E-state index in [-0.39, 0.29) is 24.6 Å². The summed E-state index contributed by atoms with van der Waals surface area (Å²) in [4.78, 5) is 21.2. The monoisotopic (exact) mass is 530 g/mol. The molecule has 10 heteroatoms. The first-order chi connectivity index (χ1) is 17.5. The van der Waals surface area contributed by atoms with E-state index in [0.717, 1.165) is 36.2 Å². The summed E-state index contributed by atoms with van der Waals surface area (Å²) in [5.41, 5.74) is 2.66. The molecule has 0 bridgehead atoms. The first-order valence-corrected chi connectivity index (χ1v) is 12.3. The maximum Gasteiger partial charge on any atom is 0.316 e. The van der Waals surface area contributed by atoms with Crippen molar-refractivity contribution in [1.29, 1.82) is 0 Å². The van der Waals surface area contributed by atoms with E-state index in [1.54, 1.807) is 32.7 Å². The van der Waals surface area contributed by atoms with Gasteiger partial charge in [0, 0.05) is 24.0 Å². The number of benzene rings is 2. The molecule has 1 saturated heterocycles. The highest BCUT2D eigenvalue weighted by Crippen LogP contribution is 2.32. The molecule has 36 heavy (non-hydrogen) atoms. The van der Waals surface area contributed by atoms with Crippen LogP contribution in [0.4, 0.5) is 0 Å². The molecule has 1 aromatic heterocycles. The second kappa shape index (κ2) is 12.3. The number of methoxy groups -OCH3 is 2. The number of amides is 1. The molecule has 190 valence electrons. The third kappa shape index (κ3) is 6.57. The molecule has 1 aliphatic rings. The van der Waals surface area contributed by atoms with Crippen LogP contribution in [-0.2, 0) is 11.2 Å². The Labute approximate surface area is 220 Å². The minimum atomic E-state index is -0.237. The van der Waals surface area contributed by atoms with Gasteiger partial charge in [0.25, 0.3) is 5.91 Å². The predicted molar refractivity (Wildman–Crippen MR) is 139 cm³/mol. The number of hydrogen-bond acceptors (Lipinski definition) is 7. The van der Waals surface area contributed by atoms with Crippen molar-refractivity contribution in [2.75, 3.05) is 33.9 Å². The van der Waals surface area contributed by atoms with Crippen LogP contribution in [0.2, 0.25) is 10.0 Å². The average molecular weight is 531 g/mol. The number of halogens is 2. The van der Waals surface area contributed by atoms with Gasteiger partial charge in [-0.05, 0) is 67.2 Å². The summed E-state index contributed by atoms with van der Waals surface area (Å²) in [7, 11) is 3.17. The molecule has 1 amide bonds. The van der Waals surface area contributed by atoms with Crippen molar-refractivity contribution in [1.82, 2.24) is 20.6 Å². The number of aromatic nitrogens is 2. The Morgan fingerprint density at radius 3 is 2.50 bits per heavy atom. The standard InChI is InChI=1S/C26H28Cl2N4O4/c1-34-23-6-4-17(11-24(23)35-2)19-13-30-26(31-14-19)36-15-25(33)32-22(18-7-8-29-12-18)10-16-3-5-20(27)21(28)9-16/h3-6,9,11,13-14,18,22,29H,7-8,10,12,15H2,1-2H3,(H,32,33). The first kappa shape index (κ1) is 26.0. The summed E-state index contributed by atoms with van der Waals surface area (Å²) in [5, 5.41) is 7.48. The Kier molecular flexibility index (Phi) is 8.85. The Hall–Kier alpha value is -3.07. The van der Waals surface area contributed by atoms with Crippen LogP contribution >= 0.6 is 23.2 Å². The molecule has 1 aliphatic heterocycles. The third-order valence-corrected chi connectivity index (χ3v) is 6.87. The van der Waals surface area contributed by atoms with E-state index in [0.29, 0.717) is 33.9 Å². The summed E-state index contributed by atoms with van der Waals surface area (Å²) in [6, 6.07) is 11.2. The van der Waals surface area contributed by atoms with Crippen LogP contribution in [0.1, 0.15) is 12.0 Å². The predicted octanol–water partition coefficient (Wildman–Crippen LogP) is 4.18. The lowest BCUT2D eigenvalue weighted by atomic mass is 9.92. The molecule has 0 aliphatic carbocycles. The minimum absolute atomic E-state index is 0.0679. The van der Waals surface area contributed by atoms with Crippen LogP contribution in [0.5, 0.6) is 17.5 Å². The van der Waals surface area contributed by atoms with Crippen molar-refractivity contribution < 1.29 is 19.0 Å². The highest BCUT2D eigenvalue weighted by molar-refractivity contribution is 6.42. The summed E-state index contributed by atoms with van der Waals surface area (Å²) in [6.45, 7) is 1.58. The highest BCUT2D eigenvalue weighted by atomic mass is 35.5. The van der Waals surface area contributed by atoms with Crippen LogP contribution in [-0.4, -0.2) is 55.8 Å². The van der Waals surface area contributed by atoms with Gasteiger partial charge in [0.2, 0.25) is 0 Å². The molecule has 2 atom stereocenters. The van der Waals surface area contributed by atoms with Gasteiger partial charge in [-0.2, -0.15) is 0 Å². The molecule has 3 aromatic rings. The lowest BCUT2D eigenvalue weighted by molar-refractivity contribution is -0.124. The maximum absolute atomic E-state index is 12.7. The first-order valence-electron chi connectivity index (χ1n) is 11.6. The summed E-state index contributed by atoms with van der Waals surface area (Å²) in [6.07, 6.45) is 4.90. The lowest BCUT2D eigenvalue weighted by Crippen LogP contribution is -2.44. The molecule has 2 unspecified atom stereocenters. The van der Waals surface area contributed by atoms with Crippen LogP contribution < -0.4 is 24.8 Å². The molecular weight excluding hydrogens is 503 g/mol. The quantitative estimate of drug-likeness (QED) is 0.405. The van der Waals surface area contributed by atoms with E-state index in [2.05, 4.69) is 20.6 Å². The van der Waals surface area contributed by atoms with E-state index >= 15 is 0 Å². The molecule has 1 fully saturated rings. The van der Waals surface area contributed by atoms with Gasteiger partial charge in [-0.1, -0.05) is 35.3 Å². The summed E-state index contributed by atoms with van der Waals surface area (Å²) in [5.74, 6) is 1.32. The highest BCUT2D eigenvalue weighted by Gasteiger charge is 2.27. The second-order valence-electron chi connectivity index (χ2n) is 8.49. The lowest BCUT2D eigenvalue weighted by Gasteiger charge is -2.24. The summed E-state index contributed by atoms with van der Waals surface area (Å²) >= 11 is 12.2. The Morgan fingerprint density at radius 2 is 1.83 bits per heavy atom. The number of nitrogens with one attached hydrogen (secondary N) is 2. The molecule has 0 saturated carbocycles. The van der Waals surface area contributed by atoms with Crippen LogP contribution in [0.15, 0.2) is 48.8 Å². The van der Waals surface area contributed by atoms with Gasteiger partial charge in [0.15, 0.2) is 18.1 Å². The van der Waals surface area contributed by atoms with Gasteiger partial charge in [-0.15, -0.1) is 0 Å². The van der Waals surface area contributed by atoms with Gasteiger partial charge in [0.05, 0.1) is 24.3 Å². The molecule has 4 rings (SSSR count). The Balaban J connectivity index is 1.36. The molecule has 2 N–H and O–H groups in total. The van der Waals surface area contributed by atoms with E-state index in [1.165, 1.54) is 0 Å². The van der Waals surface area contributed by atoms with Crippen molar-refractivity contribution in [2.24, 2.45) is 5.92 Å². The van der Waals surface area contributed by atoms with Gasteiger partial charge < -0.3 is 24.8 Å². The number of carbonyl (C=O) groups is 1. The minimum Gasteiger partial charge on any atom is -0.493 e. The number of ether oxygens (including phenoxy) is 3. The number of carbonyl (C=O) groups excluding carboxylic acids is 1. The summed E-state index contributed by atoms with van der Waals surface area (Å²) < 4.78 is 16.2. The van der Waals surface area contributed by atoms with E-state index in [9.17, 15) is 4.79 Å². The Bertz CT molecular complexity index is 1190. The fourth-order valence-electron chi connectivity index (χ4n) is 4.21. The number of nitrogens with zero attached hydrogens (tertiary/aromatic N) is 2. The van der Waals surface area contributed by atoms with Crippen molar-refractivity contribution >= 4 is 29.1 Å². The number of rotatable bonds is 10. The van der Waals surface area contributed by atoms with Crippen LogP contribution in [0.3, 0.4) is 0 Å². The molecular formula is C26H28Cl2N4O4. The van der Waals surface area contributed by atoms with E-state index in [4.69, 9.17) is 37.4 Å². The third-order valence-electron chi connectivity index (χ3n) is 6.13. The maximum atomic E-state index is 12.7. The van der Waals surface area contributed by atoms with Crippen molar-refractivity contribution in [3.63, 3.8) is 0 Å². The van der Waals surface area contributed by atoms with Crippen molar-refractivity contribution in [3.05, 3.63) is 64.4 Å². The van der Waals surface area contributed by atoms with E-state index < -0.39 is 0 Å². The van der Waals surface area contributed by atoms with Crippen molar-refractivity contribution in [2.45, 2.75) is 18.9 Å². The molecule has 2 aromatic carbocycles. The zero-order valence-corrected chi connectivity index (χ0v) is 21.6. The molecule has 0 radical (unpaired) electrons. The van der Waals surface area contributed by atoms with Gasteiger partial charge in [0.1, 0.15) is 0 Å². The van der Waals surface area contributed by atoms with Gasteiger partial charge in [-0.3, -0.25) is 4.79 Å². The second-order valence-corrected chi connectivity index (χ2v) is 9.31. The smallest absolute Gasteiger partial charge is 0.316 e. The zero-order chi connectivity index (χ0) is 25.5. The van der Waals surface area contributed by atoms with E-state index in [1.807, 2.05) is 30.3 Å². The zero-order valence-electron chi connectivity index (χ0n) is 20.1. The number of hydrogen-bond donors (Lipinski definition) is 2. The van der Waals surface area contributed by atoms with Crippen molar-refractivity contribution in [3.8, 4) is 28.6 Å². The van der Waals surface area contributed by atoms with Crippen LogP contribution in [0, 0.1) is 5.92 Å². The fourth-order valence-corrected chi connectivity index (χ4v) is 4.53. The molecule has 2 heterocycles. The van der Waals surface area contributed by atoms with Gasteiger partial charge in [-0.25, -0.2) is 9.97 Å². The normalized spacial score (nSPS) is 15.8. The largest absolute Gasteiger partial charge is 0.493 e. The van der Waals surface area contributed by atoms with Crippen LogP contribution in [0.25, 0.3) is 11.1 Å². The van der Waals surface area contributed by atoms with Gasteiger partial charge >= 0.3 is 6.01 Å². The fraction of sp³-hybridized carbons (Fsp3) is 0.346. The SMILES string of the molecule is COc1ccc(-c2cnc(OCC(=O)NC(Cc3ccc(Cl)c(Cl)c3)C3CCNC3)nc2)cc1OC. The average Bonchev–Trinajstić information content (AvgIpc) is 3.44. The topological polar surface area (TPSA) is 94.6 Å². The molecule has 8 nitrogen and oxygen atoms in total.